The summed E-state index contributed by atoms with van der Waals surface area (Å²) in [4.78, 5) is 8.40. The number of nitrogens with two attached hydrogens (primary N) is 1. The molecule has 0 radical (unpaired) electrons. The Morgan fingerprint density at radius 3 is 2.44 bits per heavy atom. The van der Waals surface area contributed by atoms with Gasteiger partial charge in [-0.3, -0.25) is 0 Å². The summed E-state index contributed by atoms with van der Waals surface area (Å²) in [5.41, 5.74) is 8.88. The van der Waals surface area contributed by atoms with E-state index in [0.29, 0.717) is 24.8 Å². The molecule has 0 atom stereocenters. The van der Waals surface area contributed by atoms with Crippen LogP contribution in [0.2, 0.25) is 0 Å². The monoisotopic (exact) mass is 357 g/mol. The second kappa shape index (κ2) is 7.70. The number of anilines is 1. The number of nitrogens with zero attached hydrogens (tertiary/aromatic N) is 4. The van der Waals surface area contributed by atoms with Gasteiger partial charge in [0.15, 0.2) is 5.82 Å². The van der Waals surface area contributed by atoms with Crippen molar-refractivity contribution >= 4 is 5.82 Å². The molecular formula is C21H19N5O. The SMILES string of the molecule is Nc1ncccc1-c1ncn(Cc2ccc(OCc3ccccc3)cc2)n1. The third-order valence-electron chi connectivity index (χ3n) is 4.13. The molecule has 2 aromatic heterocycles. The molecule has 2 heterocycles. The molecule has 2 N–H and O–H groups in total. The van der Waals surface area contributed by atoms with Gasteiger partial charge in [-0.15, -0.1) is 0 Å². The lowest BCUT2D eigenvalue weighted by Crippen LogP contribution is -2.01. The number of pyridine rings is 1. The van der Waals surface area contributed by atoms with Crippen molar-refractivity contribution in [3.63, 3.8) is 0 Å². The zero-order chi connectivity index (χ0) is 18.5. The standard InChI is InChI=1S/C21H19N5O/c22-20-19(7-4-12-23-20)21-24-15-26(25-21)13-16-8-10-18(11-9-16)27-14-17-5-2-1-3-6-17/h1-12,15H,13-14H2,(H2,22,23). The molecule has 27 heavy (non-hydrogen) atoms. The minimum atomic E-state index is 0.426. The topological polar surface area (TPSA) is 78.8 Å². The number of benzene rings is 2. The molecule has 6 heteroatoms. The first-order chi connectivity index (χ1) is 13.3. The van der Waals surface area contributed by atoms with E-state index in [9.17, 15) is 0 Å². The highest BCUT2D eigenvalue weighted by atomic mass is 16.5. The largest absolute Gasteiger partial charge is 0.489 e. The number of hydrogen-bond donors (Lipinski definition) is 1. The highest BCUT2D eigenvalue weighted by molar-refractivity contribution is 5.67. The fourth-order valence-electron chi connectivity index (χ4n) is 2.72. The summed E-state index contributed by atoms with van der Waals surface area (Å²) < 4.78 is 7.60. The molecule has 0 spiro atoms. The summed E-state index contributed by atoms with van der Waals surface area (Å²) in [6.45, 7) is 1.17. The molecule has 0 fully saturated rings. The summed E-state index contributed by atoms with van der Waals surface area (Å²) in [5.74, 6) is 1.84. The van der Waals surface area contributed by atoms with Gasteiger partial charge in [0.2, 0.25) is 0 Å². The average molecular weight is 357 g/mol. The fraction of sp³-hybridized carbons (Fsp3) is 0.0952. The van der Waals surface area contributed by atoms with Crippen LogP contribution in [0.4, 0.5) is 5.82 Å². The van der Waals surface area contributed by atoms with E-state index in [2.05, 4.69) is 15.1 Å². The predicted octanol–water partition coefficient (Wildman–Crippen LogP) is 3.55. The Morgan fingerprint density at radius 1 is 0.852 bits per heavy atom. The third-order valence-corrected chi connectivity index (χ3v) is 4.13. The molecule has 4 rings (SSSR count). The normalized spacial score (nSPS) is 10.7. The van der Waals surface area contributed by atoms with Gasteiger partial charge in [0.05, 0.1) is 12.1 Å². The van der Waals surface area contributed by atoms with Crippen LogP contribution in [-0.4, -0.2) is 19.7 Å². The molecule has 2 aromatic carbocycles. The van der Waals surface area contributed by atoms with E-state index in [-0.39, 0.29) is 0 Å². The van der Waals surface area contributed by atoms with Gasteiger partial charge in [0.25, 0.3) is 0 Å². The highest BCUT2D eigenvalue weighted by Gasteiger charge is 2.08. The van der Waals surface area contributed by atoms with E-state index in [4.69, 9.17) is 10.5 Å². The molecule has 6 nitrogen and oxygen atoms in total. The van der Waals surface area contributed by atoms with Crippen molar-refractivity contribution in [2.75, 3.05) is 5.73 Å². The molecule has 134 valence electrons. The van der Waals surface area contributed by atoms with Gasteiger partial charge in [0, 0.05) is 6.20 Å². The van der Waals surface area contributed by atoms with Crippen LogP contribution in [0.3, 0.4) is 0 Å². The van der Waals surface area contributed by atoms with Crippen LogP contribution in [0.15, 0.2) is 79.3 Å². The van der Waals surface area contributed by atoms with Gasteiger partial charge in [-0.2, -0.15) is 5.10 Å². The number of hydrogen-bond acceptors (Lipinski definition) is 5. The molecule has 0 aliphatic rings. The molecular weight excluding hydrogens is 338 g/mol. The highest BCUT2D eigenvalue weighted by Crippen LogP contribution is 2.20. The maximum atomic E-state index is 5.89. The van der Waals surface area contributed by atoms with Gasteiger partial charge in [-0.05, 0) is 35.4 Å². The molecule has 0 amide bonds. The molecule has 0 unspecified atom stereocenters. The zero-order valence-corrected chi connectivity index (χ0v) is 14.7. The summed E-state index contributed by atoms with van der Waals surface area (Å²) in [5, 5.41) is 4.49. The van der Waals surface area contributed by atoms with E-state index >= 15 is 0 Å². The van der Waals surface area contributed by atoms with E-state index in [1.807, 2.05) is 66.7 Å². The van der Waals surface area contributed by atoms with Crippen LogP contribution >= 0.6 is 0 Å². The van der Waals surface area contributed by atoms with Gasteiger partial charge < -0.3 is 10.5 Å². The Morgan fingerprint density at radius 2 is 1.67 bits per heavy atom. The van der Waals surface area contributed by atoms with Crippen LogP contribution in [0.1, 0.15) is 11.1 Å². The van der Waals surface area contributed by atoms with Crippen molar-refractivity contribution in [1.29, 1.82) is 0 Å². The van der Waals surface area contributed by atoms with Gasteiger partial charge in [-0.1, -0.05) is 42.5 Å². The van der Waals surface area contributed by atoms with Crippen molar-refractivity contribution in [3.05, 3.63) is 90.4 Å². The Hall–Kier alpha value is -3.67. The molecule has 0 bridgehead atoms. The van der Waals surface area contributed by atoms with Crippen molar-refractivity contribution in [2.45, 2.75) is 13.2 Å². The maximum Gasteiger partial charge on any atom is 0.184 e. The second-order valence-electron chi connectivity index (χ2n) is 6.12. The molecule has 0 aliphatic heterocycles. The molecule has 0 saturated heterocycles. The summed E-state index contributed by atoms with van der Waals surface area (Å²) in [6, 6.07) is 21.8. The minimum absolute atomic E-state index is 0.426. The molecule has 0 saturated carbocycles. The van der Waals surface area contributed by atoms with Crippen molar-refractivity contribution in [1.82, 2.24) is 19.7 Å². The average Bonchev–Trinajstić information content (AvgIpc) is 3.17. The van der Waals surface area contributed by atoms with Crippen LogP contribution in [0.25, 0.3) is 11.4 Å². The van der Waals surface area contributed by atoms with Crippen LogP contribution < -0.4 is 10.5 Å². The smallest absolute Gasteiger partial charge is 0.184 e. The lowest BCUT2D eigenvalue weighted by molar-refractivity contribution is 0.306. The van der Waals surface area contributed by atoms with Gasteiger partial charge >= 0.3 is 0 Å². The number of nitrogen functional groups attached to an aromatic ring is 1. The maximum absolute atomic E-state index is 5.89. The van der Waals surface area contributed by atoms with E-state index in [1.54, 1.807) is 17.2 Å². The number of ether oxygens (including phenoxy) is 1. The van der Waals surface area contributed by atoms with Gasteiger partial charge in [0.1, 0.15) is 24.5 Å². The quantitative estimate of drug-likeness (QED) is 0.571. The second-order valence-corrected chi connectivity index (χ2v) is 6.12. The summed E-state index contributed by atoms with van der Waals surface area (Å²) >= 11 is 0. The summed E-state index contributed by atoms with van der Waals surface area (Å²) in [7, 11) is 0. The Labute approximate surface area is 157 Å². The lowest BCUT2D eigenvalue weighted by atomic mass is 10.2. The number of aromatic nitrogens is 4. The Balaban J connectivity index is 1.39. The first-order valence-corrected chi connectivity index (χ1v) is 8.64. The predicted molar refractivity (Wildman–Crippen MR) is 104 cm³/mol. The Kier molecular flexibility index (Phi) is 4.78. The zero-order valence-electron chi connectivity index (χ0n) is 14.7. The summed E-state index contributed by atoms with van der Waals surface area (Å²) in [6.07, 6.45) is 3.35. The lowest BCUT2D eigenvalue weighted by Gasteiger charge is -2.07. The van der Waals surface area contributed by atoms with Crippen molar-refractivity contribution < 1.29 is 4.74 Å². The first kappa shape index (κ1) is 16.8. The Bertz CT molecular complexity index is 1010. The van der Waals surface area contributed by atoms with Crippen molar-refractivity contribution in [2.24, 2.45) is 0 Å². The van der Waals surface area contributed by atoms with Crippen LogP contribution in [-0.2, 0) is 13.2 Å². The fourth-order valence-corrected chi connectivity index (χ4v) is 2.72. The van der Waals surface area contributed by atoms with Gasteiger partial charge in [-0.25, -0.2) is 14.6 Å². The number of rotatable bonds is 6. The van der Waals surface area contributed by atoms with E-state index in [0.717, 1.165) is 22.4 Å². The van der Waals surface area contributed by atoms with E-state index < -0.39 is 0 Å². The van der Waals surface area contributed by atoms with Crippen molar-refractivity contribution in [3.8, 4) is 17.1 Å². The van der Waals surface area contributed by atoms with E-state index in [1.165, 1.54) is 0 Å². The first-order valence-electron chi connectivity index (χ1n) is 8.64. The molecule has 0 aliphatic carbocycles. The van der Waals surface area contributed by atoms with Crippen LogP contribution in [0.5, 0.6) is 5.75 Å². The third kappa shape index (κ3) is 4.12. The molecule has 4 aromatic rings. The van der Waals surface area contributed by atoms with Crippen LogP contribution in [0, 0.1) is 0 Å². The minimum Gasteiger partial charge on any atom is -0.489 e.